The Morgan fingerprint density at radius 1 is 1.50 bits per heavy atom. The maximum atomic E-state index is 9.40. The maximum absolute atomic E-state index is 9.40. The van der Waals surface area contributed by atoms with Crippen molar-refractivity contribution in [1.82, 2.24) is 4.98 Å². The van der Waals surface area contributed by atoms with Crippen molar-refractivity contribution in [2.24, 2.45) is 0 Å². The third-order valence-corrected chi connectivity index (χ3v) is 1.73. The molecule has 0 fully saturated rings. The monoisotopic (exact) mass is 189 g/mol. The molecule has 2 nitrogen and oxygen atoms in total. The van der Waals surface area contributed by atoms with E-state index in [-0.39, 0.29) is 0 Å². The summed E-state index contributed by atoms with van der Waals surface area (Å²) in [5.41, 5.74) is 0.968. The number of hydrogen-bond acceptors (Lipinski definition) is 2. The highest BCUT2D eigenvalue weighted by Gasteiger charge is 2.05. The molecule has 0 bridgehead atoms. The van der Waals surface area contributed by atoms with Gasteiger partial charge in [0, 0.05) is 6.20 Å². The highest BCUT2D eigenvalue weighted by molar-refractivity contribution is 5.32. The van der Waals surface area contributed by atoms with Gasteiger partial charge >= 0.3 is 0 Å². The Bertz CT molecular complexity index is 366. The minimum Gasteiger partial charge on any atom is -0.378 e. The third-order valence-electron chi connectivity index (χ3n) is 1.73. The molecule has 1 rings (SSSR count). The summed E-state index contributed by atoms with van der Waals surface area (Å²) >= 11 is 0. The zero-order valence-electron chi connectivity index (χ0n) is 8.83. The molecule has 14 heavy (non-hydrogen) atoms. The van der Waals surface area contributed by atoms with Crippen LogP contribution in [0.3, 0.4) is 0 Å². The van der Waals surface area contributed by atoms with Crippen LogP contribution in [0.2, 0.25) is 0 Å². The molecule has 0 atom stereocenters. The van der Waals surface area contributed by atoms with E-state index in [1.54, 1.807) is 20.0 Å². The molecule has 0 saturated heterocycles. The van der Waals surface area contributed by atoms with Crippen LogP contribution in [0.1, 0.15) is 32.0 Å². The summed E-state index contributed by atoms with van der Waals surface area (Å²) in [7, 11) is 0. The molecule has 0 spiro atoms. The highest BCUT2D eigenvalue weighted by Crippen LogP contribution is 2.02. The van der Waals surface area contributed by atoms with E-state index in [1.165, 1.54) is 5.56 Å². The van der Waals surface area contributed by atoms with Crippen molar-refractivity contribution in [2.75, 3.05) is 0 Å². The Morgan fingerprint density at radius 2 is 2.21 bits per heavy atom. The van der Waals surface area contributed by atoms with E-state index < -0.39 is 5.60 Å². The summed E-state index contributed by atoms with van der Waals surface area (Å²) in [6.45, 7) is 5.40. The van der Waals surface area contributed by atoms with Crippen LogP contribution in [0.15, 0.2) is 18.3 Å². The molecule has 0 unspecified atom stereocenters. The number of aromatic nitrogens is 1. The summed E-state index contributed by atoms with van der Waals surface area (Å²) in [5, 5.41) is 9.40. The van der Waals surface area contributed by atoms with Crippen LogP contribution in [-0.4, -0.2) is 15.7 Å². The second-order valence-corrected chi connectivity index (χ2v) is 3.71. The SMILES string of the molecule is CCc1ccnc(C#CC(C)(C)O)c1. The van der Waals surface area contributed by atoms with Crippen LogP contribution < -0.4 is 0 Å². The lowest BCUT2D eigenvalue weighted by Gasteiger charge is -2.05. The predicted molar refractivity (Wildman–Crippen MR) is 56.8 cm³/mol. The summed E-state index contributed by atoms with van der Waals surface area (Å²) in [6, 6.07) is 3.91. The van der Waals surface area contributed by atoms with E-state index in [4.69, 9.17) is 0 Å². The number of pyridine rings is 1. The summed E-state index contributed by atoms with van der Waals surface area (Å²) < 4.78 is 0. The van der Waals surface area contributed by atoms with Crippen LogP contribution in [-0.2, 0) is 6.42 Å². The van der Waals surface area contributed by atoms with E-state index in [1.807, 2.05) is 12.1 Å². The fourth-order valence-corrected chi connectivity index (χ4v) is 0.980. The van der Waals surface area contributed by atoms with E-state index in [2.05, 4.69) is 23.7 Å². The van der Waals surface area contributed by atoms with Crippen molar-refractivity contribution >= 4 is 0 Å². The van der Waals surface area contributed by atoms with Gasteiger partial charge in [-0.3, -0.25) is 0 Å². The average molecular weight is 189 g/mol. The molecular weight excluding hydrogens is 174 g/mol. The molecule has 1 N–H and O–H groups in total. The fourth-order valence-electron chi connectivity index (χ4n) is 0.980. The summed E-state index contributed by atoms with van der Waals surface area (Å²) in [6.07, 6.45) is 2.72. The topological polar surface area (TPSA) is 33.1 Å². The molecule has 1 heterocycles. The van der Waals surface area contributed by atoms with Gasteiger partial charge in [0.25, 0.3) is 0 Å². The minimum absolute atomic E-state index is 0.714. The first-order chi connectivity index (χ1) is 6.51. The molecule has 0 aliphatic heterocycles. The van der Waals surface area contributed by atoms with Crippen molar-refractivity contribution in [3.05, 3.63) is 29.6 Å². The largest absolute Gasteiger partial charge is 0.378 e. The van der Waals surface area contributed by atoms with Gasteiger partial charge in [0.1, 0.15) is 11.3 Å². The predicted octanol–water partition coefficient (Wildman–Crippen LogP) is 1.77. The smallest absolute Gasteiger partial charge is 0.120 e. The van der Waals surface area contributed by atoms with Crippen LogP contribution in [0.25, 0.3) is 0 Å². The van der Waals surface area contributed by atoms with Gasteiger partial charge in [-0.15, -0.1) is 0 Å². The molecule has 0 amide bonds. The van der Waals surface area contributed by atoms with Gasteiger partial charge in [-0.05, 0) is 43.9 Å². The average Bonchev–Trinajstić information content (AvgIpc) is 2.14. The first kappa shape index (κ1) is 10.7. The van der Waals surface area contributed by atoms with Gasteiger partial charge in [0.15, 0.2) is 0 Å². The zero-order chi connectivity index (χ0) is 10.6. The molecule has 1 aromatic heterocycles. The second kappa shape index (κ2) is 4.26. The summed E-state index contributed by atoms with van der Waals surface area (Å²) in [4.78, 5) is 4.11. The quantitative estimate of drug-likeness (QED) is 0.683. The number of nitrogens with zero attached hydrogens (tertiary/aromatic N) is 1. The van der Waals surface area contributed by atoms with Crippen molar-refractivity contribution < 1.29 is 5.11 Å². The van der Waals surface area contributed by atoms with Crippen molar-refractivity contribution in [3.63, 3.8) is 0 Å². The lowest BCUT2D eigenvalue weighted by atomic mass is 10.1. The van der Waals surface area contributed by atoms with Crippen LogP contribution >= 0.6 is 0 Å². The van der Waals surface area contributed by atoms with E-state index in [9.17, 15) is 5.11 Å². The minimum atomic E-state index is -0.954. The van der Waals surface area contributed by atoms with Gasteiger partial charge in [0.2, 0.25) is 0 Å². The van der Waals surface area contributed by atoms with Crippen LogP contribution in [0.5, 0.6) is 0 Å². The second-order valence-electron chi connectivity index (χ2n) is 3.71. The lowest BCUT2D eigenvalue weighted by molar-refractivity contribution is 0.143. The zero-order valence-corrected chi connectivity index (χ0v) is 8.83. The van der Waals surface area contributed by atoms with Gasteiger partial charge in [-0.2, -0.15) is 0 Å². The van der Waals surface area contributed by atoms with E-state index in [0.29, 0.717) is 5.69 Å². The Morgan fingerprint density at radius 3 is 2.79 bits per heavy atom. The fraction of sp³-hybridized carbons (Fsp3) is 0.417. The number of aryl methyl sites for hydroxylation is 1. The van der Waals surface area contributed by atoms with E-state index in [0.717, 1.165) is 6.42 Å². The molecule has 2 heteroatoms. The Kier molecular flexibility index (Phi) is 3.27. The summed E-state index contributed by atoms with van der Waals surface area (Å²) in [5.74, 6) is 5.58. The van der Waals surface area contributed by atoms with E-state index >= 15 is 0 Å². The molecule has 0 saturated carbocycles. The molecule has 0 aliphatic carbocycles. The van der Waals surface area contributed by atoms with Crippen molar-refractivity contribution in [2.45, 2.75) is 32.8 Å². The third kappa shape index (κ3) is 3.59. The van der Waals surface area contributed by atoms with Gasteiger partial charge < -0.3 is 5.11 Å². The van der Waals surface area contributed by atoms with Crippen molar-refractivity contribution in [3.8, 4) is 11.8 Å². The normalized spacial score (nSPS) is 10.6. The van der Waals surface area contributed by atoms with Crippen molar-refractivity contribution in [1.29, 1.82) is 0 Å². The highest BCUT2D eigenvalue weighted by atomic mass is 16.3. The molecule has 74 valence electrons. The molecule has 0 aliphatic rings. The Hall–Kier alpha value is -1.33. The maximum Gasteiger partial charge on any atom is 0.120 e. The molecule has 1 aromatic rings. The molecule has 0 radical (unpaired) electrons. The van der Waals surface area contributed by atoms with Crippen LogP contribution in [0.4, 0.5) is 0 Å². The molecular formula is C12H15NO. The Labute approximate surface area is 85.0 Å². The number of aliphatic hydroxyl groups is 1. The van der Waals surface area contributed by atoms with Crippen LogP contribution in [0, 0.1) is 11.8 Å². The Balaban J connectivity index is 2.90. The lowest BCUT2D eigenvalue weighted by Crippen LogP contribution is -2.14. The van der Waals surface area contributed by atoms with Gasteiger partial charge in [-0.25, -0.2) is 4.98 Å². The standard InChI is InChI=1S/C12H15NO/c1-4-10-6-8-13-11(9-10)5-7-12(2,3)14/h6,8-9,14H,4H2,1-3H3. The number of hydrogen-bond donors (Lipinski definition) is 1. The first-order valence-electron chi connectivity index (χ1n) is 4.72. The first-order valence-corrected chi connectivity index (χ1v) is 4.72. The molecule has 0 aromatic carbocycles. The van der Waals surface area contributed by atoms with Gasteiger partial charge in [-0.1, -0.05) is 12.8 Å². The van der Waals surface area contributed by atoms with Gasteiger partial charge in [0.05, 0.1) is 0 Å². The number of rotatable bonds is 1.